The van der Waals surface area contributed by atoms with E-state index in [0.29, 0.717) is 0 Å². The van der Waals surface area contributed by atoms with Gasteiger partial charge in [0.1, 0.15) is 5.69 Å². The predicted octanol–water partition coefficient (Wildman–Crippen LogP) is 1.92. The Hall–Kier alpha value is -1.59. The Kier molecular flexibility index (Phi) is 3.78. The molecule has 106 valence electrons. The number of nitrogens with zero attached hydrogens (tertiary/aromatic N) is 4. The van der Waals surface area contributed by atoms with Gasteiger partial charge in [-0.1, -0.05) is 25.6 Å². The second-order valence-corrected chi connectivity index (χ2v) is 6.05. The van der Waals surface area contributed by atoms with E-state index in [2.05, 4.69) is 31.1 Å². The highest BCUT2D eigenvalue weighted by atomic mass is 16.7. The number of carbonyl (C=O) groups is 1. The van der Waals surface area contributed by atoms with Crippen molar-refractivity contribution in [2.24, 2.45) is 0 Å². The lowest BCUT2D eigenvalue weighted by atomic mass is 9.91. The zero-order valence-electron chi connectivity index (χ0n) is 12.1. The summed E-state index contributed by atoms with van der Waals surface area (Å²) in [4.78, 5) is 20.2. The van der Waals surface area contributed by atoms with Crippen LogP contribution in [0.5, 0.6) is 0 Å². The zero-order valence-corrected chi connectivity index (χ0v) is 12.1. The fourth-order valence-corrected chi connectivity index (χ4v) is 2.30. The number of hydrogen-bond donors (Lipinski definition) is 0. The lowest BCUT2D eigenvalue weighted by Crippen LogP contribution is -2.40. The van der Waals surface area contributed by atoms with Crippen molar-refractivity contribution in [3.63, 3.8) is 0 Å². The molecule has 6 nitrogen and oxygen atoms in total. The molecule has 0 unspecified atom stereocenters. The standard InChI is InChI=1S/C13H22N4O2/c1-10-11(13(2,3)4)14-15-17(10)19-12(18)16-8-6-5-7-9-16/h5-9H2,1-4H3. The van der Waals surface area contributed by atoms with Crippen molar-refractivity contribution in [3.05, 3.63) is 11.4 Å². The van der Waals surface area contributed by atoms with Crippen LogP contribution in [0.25, 0.3) is 0 Å². The van der Waals surface area contributed by atoms with Crippen LogP contribution >= 0.6 is 0 Å². The maximum absolute atomic E-state index is 12.0. The minimum absolute atomic E-state index is 0.111. The molecular weight excluding hydrogens is 244 g/mol. The van der Waals surface area contributed by atoms with E-state index in [1.807, 2.05) is 6.92 Å². The summed E-state index contributed by atoms with van der Waals surface area (Å²) in [5.41, 5.74) is 1.51. The molecule has 2 heterocycles. The van der Waals surface area contributed by atoms with Crippen LogP contribution in [0.3, 0.4) is 0 Å². The van der Waals surface area contributed by atoms with Gasteiger partial charge in [0.15, 0.2) is 0 Å². The third kappa shape index (κ3) is 3.05. The highest BCUT2D eigenvalue weighted by Crippen LogP contribution is 2.22. The first kappa shape index (κ1) is 13.8. The monoisotopic (exact) mass is 266 g/mol. The number of aromatic nitrogens is 3. The van der Waals surface area contributed by atoms with E-state index < -0.39 is 0 Å². The second-order valence-electron chi connectivity index (χ2n) is 6.05. The molecule has 0 bridgehead atoms. The van der Waals surface area contributed by atoms with Crippen molar-refractivity contribution in [1.29, 1.82) is 0 Å². The van der Waals surface area contributed by atoms with Gasteiger partial charge in [0, 0.05) is 18.5 Å². The van der Waals surface area contributed by atoms with Gasteiger partial charge < -0.3 is 4.90 Å². The number of amides is 1. The van der Waals surface area contributed by atoms with E-state index in [0.717, 1.165) is 37.3 Å². The van der Waals surface area contributed by atoms with Crippen LogP contribution in [0, 0.1) is 6.92 Å². The molecule has 0 N–H and O–H groups in total. The molecule has 2 rings (SSSR count). The first-order chi connectivity index (χ1) is 8.89. The van der Waals surface area contributed by atoms with Crippen molar-refractivity contribution in [3.8, 4) is 0 Å². The molecule has 0 spiro atoms. The van der Waals surface area contributed by atoms with E-state index in [1.165, 1.54) is 11.3 Å². The Morgan fingerprint density at radius 3 is 2.37 bits per heavy atom. The quantitative estimate of drug-likeness (QED) is 0.729. The molecule has 1 aromatic heterocycles. The van der Waals surface area contributed by atoms with E-state index in [9.17, 15) is 4.79 Å². The normalized spacial score (nSPS) is 16.5. The maximum Gasteiger partial charge on any atom is 0.435 e. The molecule has 0 atom stereocenters. The Morgan fingerprint density at radius 2 is 1.84 bits per heavy atom. The fraction of sp³-hybridized carbons (Fsp3) is 0.769. The topological polar surface area (TPSA) is 60.2 Å². The Balaban J connectivity index is 2.07. The van der Waals surface area contributed by atoms with Crippen molar-refractivity contribution in [1.82, 2.24) is 20.1 Å². The van der Waals surface area contributed by atoms with Gasteiger partial charge in [-0.3, -0.25) is 4.84 Å². The summed E-state index contributed by atoms with van der Waals surface area (Å²) in [6.07, 6.45) is 2.92. The minimum Gasteiger partial charge on any atom is -0.306 e. The van der Waals surface area contributed by atoms with Crippen LogP contribution in [0.1, 0.15) is 51.4 Å². The van der Waals surface area contributed by atoms with Crippen molar-refractivity contribution in [2.75, 3.05) is 13.1 Å². The molecule has 0 saturated carbocycles. The van der Waals surface area contributed by atoms with Gasteiger partial charge in [0.2, 0.25) is 0 Å². The summed E-state index contributed by atoms with van der Waals surface area (Å²) < 4.78 is 0. The van der Waals surface area contributed by atoms with Crippen molar-refractivity contribution < 1.29 is 9.63 Å². The molecule has 0 radical (unpaired) electrons. The first-order valence-corrected chi connectivity index (χ1v) is 6.79. The van der Waals surface area contributed by atoms with Gasteiger partial charge in [0.05, 0.1) is 5.69 Å². The van der Waals surface area contributed by atoms with E-state index >= 15 is 0 Å². The molecule has 1 aliphatic rings. The maximum atomic E-state index is 12.0. The van der Waals surface area contributed by atoms with E-state index in [4.69, 9.17) is 4.84 Å². The van der Waals surface area contributed by atoms with Crippen LogP contribution in [0.15, 0.2) is 0 Å². The number of hydrogen-bond acceptors (Lipinski definition) is 4. The minimum atomic E-state index is -0.340. The van der Waals surface area contributed by atoms with Crippen LogP contribution in [0.2, 0.25) is 0 Å². The molecule has 1 saturated heterocycles. The fourth-order valence-electron chi connectivity index (χ4n) is 2.30. The third-order valence-electron chi connectivity index (χ3n) is 3.34. The van der Waals surface area contributed by atoms with Crippen molar-refractivity contribution >= 4 is 6.09 Å². The van der Waals surface area contributed by atoms with Gasteiger partial charge >= 0.3 is 6.09 Å². The molecule has 6 heteroatoms. The van der Waals surface area contributed by atoms with Crippen LogP contribution in [-0.2, 0) is 5.41 Å². The van der Waals surface area contributed by atoms with Gasteiger partial charge in [-0.15, -0.1) is 5.10 Å². The third-order valence-corrected chi connectivity index (χ3v) is 3.34. The summed E-state index contributed by atoms with van der Waals surface area (Å²) >= 11 is 0. The molecule has 1 aliphatic heterocycles. The highest BCUT2D eigenvalue weighted by Gasteiger charge is 2.25. The van der Waals surface area contributed by atoms with E-state index in [-0.39, 0.29) is 11.5 Å². The summed E-state index contributed by atoms with van der Waals surface area (Å²) in [5.74, 6) is 0. The molecule has 0 aliphatic carbocycles. The summed E-state index contributed by atoms with van der Waals surface area (Å²) in [7, 11) is 0. The van der Waals surface area contributed by atoms with Crippen LogP contribution < -0.4 is 4.84 Å². The molecular formula is C13H22N4O2. The second kappa shape index (κ2) is 5.19. The van der Waals surface area contributed by atoms with Gasteiger partial charge in [-0.2, -0.15) is 0 Å². The number of piperidine rings is 1. The average Bonchev–Trinajstić information content (AvgIpc) is 2.72. The van der Waals surface area contributed by atoms with E-state index in [1.54, 1.807) is 4.90 Å². The molecule has 0 aromatic carbocycles. The number of carbonyl (C=O) groups excluding carboxylic acids is 1. The Morgan fingerprint density at radius 1 is 1.21 bits per heavy atom. The van der Waals surface area contributed by atoms with Crippen molar-refractivity contribution in [2.45, 2.75) is 52.4 Å². The van der Waals surface area contributed by atoms with Gasteiger partial charge in [-0.25, -0.2) is 4.79 Å². The largest absolute Gasteiger partial charge is 0.435 e. The summed E-state index contributed by atoms with van der Waals surface area (Å²) in [6.45, 7) is 9.56. The average molecular weight is 266 g/mol. The lowest BCUT2D eigenvalue weighted by molar-refractivity contribution is 0.0686. The van der Waals surface area contributed by atoms with Gasteiger partial charge in [-0.05, 0) is 31.4 Å². The number of likely N-dealkylation sites (tertiary alicyclic amines) is 1. The SMILES string of the molecule is Cc1c(C(C)(C)C)nnn1OC(=O)N1CCCCC1. The molecule has 19 heavy (non-hydrogen) atoms. The Labute approximate surface area is 113 Å². The van der Waals surface area contributed by atoms with Gasteiger partial charge in [0.25, 0.3) is 0 Å². The molecule has 1 fully saturated rings. The van der Waals surface area contributed by atoms with Crippen LogP contribution in [0.4, 0.5) is 4.79 Å². The summed E-state index contributed by atoms with van der Waals surface area (Å²) in [5, 5.41) is 8.02. The smallest absolute Gasteiger partial charge is 0.306 e. The predicted molar refractivity (Wildman–Crippen MR) is 70.9 cm³/mol. The Bertz CT molecular complexity index is 456. The number of rotatable bonds is 1. The summed E-state index contributed by atoms with van der Waals surface area (Å²) in [6, 6.07) is 0. The molecule has 1 aromatic rings. The van der Waals surface area contributed by atoms with Crippen LogP contribution in [-0.4, -0.2) is 39.2 Å². The first-order valence-electron chi connectivity index (χ1n) is 6.79. The molecule has 1 amide bonds. The zero-order chi connectivity index (χ0) is 14.0. The lowest BCUT2D eigenvalue weighted by Gasteiger charge is -2.25. The highest BCUT2D eigenvalue weighted by molar-refractivity contribution is 5.67.